The first-order valence-electron chi connectivity index (χ1n) is 5.59. The number of aliphatic hydroxyl groups is 1. The maximum Gasteiger partial charge on any atom is 0.154 e. The highest BCUT2D eigenvalue weighted by Crippen LogP contribution is 2.23. The van der Waals surface area contributed by atoms with E-state index in [0.717, 1.165) is 5.75 Å². The van der Waals surface area contributed by atoms with Gasteiger partial charge in [-0.3, -0.25) is 0 Å². The standard InChI is InChI=1S/C12H14BrN3O2/c1-16-11(12(13)14-15-16)10(17)7-8-18-9-5-3-2-4-6-9/h2-6,10,17H,7-8H2,1H3. The van der Waals surface area contributed by atoms with E-state index in [1.807, 2.05) is 30.3 Å². The van der Waals surface area contributed by atoms with Gasteiger partial charge in [-0.05, 0) is 28.1 Å². The molecule has 0 amide bonds. The van der Waals surface area contributed by atoms with Crippen LogP contribution in [-0.4, -0.2) is 26.7 Å². The topological polar surface area (TPSA) is 60.2 Å². The highest BCUT2D eigenvalue weighted by molar-refractivity contribution is 9.10. The molecule has 1 heterocycles. The molecule has 0 bridgehead atoms. The van der Waals surface area contributed by atoms with Crippen LogP contribution in [0, 0.1) is 0 Å². The van der Waals surface area contributed by atoms with Gasteiger partial charge in [0.05, 0.1) is 6.61 Å². The molecule has 96 valence electrons. The van der Waals surface area contributed by atoms with Gasteiger partial charge in [0.15, 0.2) is 4.60 Å². The fraction of sp³-hybridized carbons (Fsp3) is 0.333. The van der Waals surface area contributed by atoms with Gasteiger partial charge >= 0.3 is 0 Å². The summed E-state index contributed by atoms with van der Waals surface area (Å²) >= 11 is 3.26. The monoisotopic (exact) mass is 311 g/mol. The van der Waals surface area contributed by atoms with Gasteiger partial charge in [0, 0.05) is 13.5 Å². The lowest BCUT2D eigenvalue weighted by Crippen LogP contribution is -2.10. The number of rotatable bonds is 5. The van der Waals surface area contributed by atoms with Crippen LogP contribution in [0.3, 0.4) is 0 Å². The molecule has 0 aliphatic carbocycles. The lowest BCUT2D eigenvalue weighted by Gasteiger charge is -2.11. The summed E-state index contributed by atoms with van der Waals surface area (Å²) in [5.41, 5.74) is 0.659. The fourth-order valence-electron chi connectivity index (χ4n) is 1.63. The number of nitrogens with zero attached hydrogens (tertiary/aromatic N) is 3. The Kier molecular flexibility index (Phi) is 4.33. The van der Waals surface area contributed by atoms with Gasteiger partial charge in [-0.25, -0.2) is 4.68 Å². The van der Waals surface area contributed by atoms with Crippen LogP contribution in [0.2, 0.25) is 0 Å². The van der Waals surface area contributed by atoms with E-state index in [2.05, 4.69) is 26.2 Å². The second-order valence-corrected chi connectivity index (χ2v) is 4.61. The van der Waals surface area contributed by atoms with Crippen LogP contribution >= 0.6 is 15.9 Å². The quantitative estimate of drug-likeness (QED) is 0.918. The number of hydrogen-bond acceptors (Lipinski definition) is 4. The van der Waals surface area contributed by atoms with E-state index < -0.39 is 6.10 Å². The first kappa shape index (κ1) is 13.0. The van der Waals surface area contributed by atoms with Crippen LogP contribution in [0.5, 0.6) is 5.75 Å². The molecular formula is C12H14BrN3O2. The summed E-state index contributed by atoms with van der Waals surface area (Å²) in [6.45, 7) is 0.433. The van der Waals surface area contributed by atoms with Crippen LogP contribution in [0.25, 0.3) is 0 Å². The molecule has 2 rings (SSSR count). The molecule has 0 aliphatic heterocycles. The first-order valence-corrected chi connectivity index (χ1v) is 6.39. The van der Waals surface area contributed by atoms with Crippen molar-refractivity contribution in [3.63, 3.8) is 0 Å². The Hall–Kier alpha value is -1.40. The third-order valence-electron chi connectivity index (χ3n) is 2.55. The third kappa shape index (κ3) is 3.08. The van der Waals surface area contributed by atoms with Crippen molar-refractivity contribution < 1.29 is 9.84 Å². The van der Waals surface area contributed by atoms with Crippen molar-refractivity contribution >= 4 is 15.9 Å². The molecule has 0 radical (unpaired) electrons. The molecule has 1 N–H and O–H groups in total. The van der Waals surface area contributed by atoms with Crippen molar-refractivity contribution in [3.8, 4) is 5.75 Å². The molecule has 0 fully saturated rings. The van der Waals surface area contributed by atoms with Crippen molar-refractivity contribution in [1.29, 1.82) is 0 Å². The summed E-state index contributed by atoms with van der Waals surface area (Å²) in [4.78, 5) is 0. The molecule has 0 saturated heterocycles. The third-order valence-corrected chi connectivity index (χ3v) is 3.11. The second kappa shape index (κ2) is 5.97. The average Bonchev–Trinajstić information content (AvgIpc) is 2.70. The van der Waals surface area contributed by atoms with E-state index in [9.17, 15) is 5.11 Å². The SMILES string of the molecule is Cn1nnc(Br)c1C(O)CCOc1ccccc1. The predicted octanol–water partition coefficient (Wildman–Crippen LogP) is 2.08. The summed E-state index contributed by atoms with van der Waals surface area (Å²) in [5.74, 6) is 0.798. The predicted molar refractivity (Wildman–Crippen MR) is 70.2 cm³/mol. The summed E-state index contributed by atoms with van der Waals surface area (Å²) < 4.78 is 7.65. The van der Waals surface area contributed by atoms with Crippen LogP contribution in [0.15, 0.2) is 34.9 Å². The largest absolute Gasteiger partial charge is 0.493 e. The van der Waals surface area contributed by atoms with Gasteiger partial charge in [-0.2, -0.15) is 0 Å². The number of ether oxygens (including phenoxy) is 1. The number of aromatic nitrogens is 3. The minimum absolute atomic E-state index is 0.433. The Bertz CT molecular complexity index is 482. The Morgan fingerprint density at radius 3 is 2.72 bits per heavy atom. The molecule has 1 unspecified atom stereocenters. The van der Waals surface area contributed by atoms with Crippen molar-refractivity contribution in [1.82, 2.24) is 15.0 Å². The highest BCUT2D eigenvalue weighted by atomic mass is 79.9. The van der Waals surface area contributed by atoms with Gasteiger partial charge < -0.3 is 9.84 Å². The Labute approximate surface area is 114 Å². The van der Waals surface area contributed by atoms with Crippen molar-refractivity contribution in [2.75, 3.05) is 6.61 Å². The molecule has 0 spiro atoms. The number of halogens is 1. The van der Waals surface area contributed by atoms with Gasteiger partial charge in [0.1, 0.15) is 17.5 Å². The molecule has 1 atom stereocenters. The van der Waals surface area contributed by atoms with E-state index in [1.165, 1.54) is 0 Å². The van der Waals surface area contributed by atoms with Gasteiger partial charge in [-0.15, -0.1) is 5.10 Å². The highest BCUT2D eigenvalue weighted by Gasteiger charge is 2.17. The van der Waals surface area contributed by atoms with Gasteiger partial charge in [0.2, 0.25) is 0 Å². The zero-order valence-corrected chi connectivity index (χ0v) is 11.5. The number of hydrogen-bond donors (Lipinski definition) is 1. The molecule has 6 heteroatoms. The smallest absolute Gasteiger partial charge is 0.154 e. The molecule has 1 aromatic carbocycles. The Morgan fingerprint density at radius 2 is 2.11 bits per heavy atom. The second-order valence-electron chi connectivity index (χ2n) is 3.86. The number of benzene rings is 1. The van der Waals surface area contributed by atoms with Crippen molar-refractivity contribution in [2.24, 2.45) is 7.05 Å². The zero-order valence-electron chi connectivity index (χ0n) is 9.95. The number of aryl methyl sites for hydroxylation is 1. The van der Waals surface area contributed by atoms with Gasteiger partial charge in [-0.1, -0.05) is 23.4 Å². The maximum absolute atomic E-state index is 10.0. The lowest BCUT2D eigenvalue weighted by molar-refractivity contribution is 0.132. The van der Waals surface area contributed by atoms with E-state index in [-0.39, 0.29) is 0 Å². The van der Waals surface area contributed by atoms with Crippen LogP contribution < -0.4 is 4.74 Å². The van der Waals surface area contributed by atoms with Crippen LogP contribution in [-0.2, 0) is 7.05 Å². The minimum atomic E-state index is -0.650. The van der Waals surface area contributed by atoms with E-state index in [4.69, 9.17) is 4.74 Å². The number of aliphatic hydroxyl groups excluding tert-OH is 1. The zero-order chi connectivity index (χ0) is 13.0. The molecule has 18 heavy (non-hydrogen) atoms. The lowest BCUT2D eigenvalue weighted by atomic mass is 10.2. The summed E-state index contributed by atoms with van der Waals surface area (Å²) in [6.07, 6.45) is -0.169. The molecule has 2 aromatic rings. The normalized spacial score (nSPS) is 12.4. The van der Waals surface area contributed by atoms with Crippen molar-refractivity contribution in [3.05, 3.63) is 40.6 Å². The molecular weight excluding hydrogens is 298 g/mol. The van der Waals surface area contributed by atoms with Crippen LogP contribution in [0.4, 0.5) is 0 Å². The maximum atomic E-state index is 10.0. The fourth-order valence-corrected chi connectivity index (χ4v) is 2.23. The molecule has 0 saturated carbocycles. The first-order chi connectivity index (χ1) is 8.68. The summed E-state index contributed by atoms with van der Waals surface area (Å²) in [5, 5.41) is 17.7. The van der Waals surface area contributed by atoms with E-state index >= 15 is 0 Å². The van der Waals surface area contributed by atoms with Crippen molar-refractivity contribution in [2.45, 2.75) is 12.5 Å². The Balaban J connectivity index is 1.88. The Morgan fingerprint density at radius 1 is 1.39 bits per heavy atom. The van der Waals surface area contributed by atoms with Crippen LogP contribution in [0.1, 0.15) is 18.2 Å². The van der Waals surface area contributed by atoms with E-state index in [1.54, 1.807) is 11.7 Å². The number of para-hydroxylation sites is 1. The van der Waals surface area contributed by atoms with E-state index in [0.29, 0.717) is 23.3 Å². The summed E-state index contributed by atoms with van der Waals surface area (Å²) in [6, 6.07) is 9.52. The van der Waals surface area contributed by atoms with Gasteiger partial charge in [0.25, 0.3) is 0 Å². The average molecular weight is 312 g/mol. The molecule has 0 aliphatic rings. The summed E-state index contributed by atoms with van der Waals surface area (Å²) in [7, 11) is 1.74. The molecule has 5 nitrogen and oxygen atoms in total. The molecule has 1 aromatic heterocycles. The minimum Gasteiger partial charge on any atom is -0.493 e.